The lowest BCUT2D eigenvalue weighted by Gasteiger charge is -2.09. The molecular formula is C14H13N3O6S2. The lowest BCUT2D eigenvalue weighted by molar-refractivity contribution is 0.0978. The molecule has 2 aromatic rings. The van der Waals surface area contributed by atoms with Gasteiger partial charge in [-0.3, -0.25) is 9.59 Å². The zero-order chi connectivity index (χ0) is 18.7. The van der Waals surface area contributed by atoms with Crippen molar-refractivity contribution in [2.45, 2.75) is 4.90 Å². The second kappa shape index (κ2) is 7.01. The second-order valence-corrected chi connectivity index (χ2v) is 8.13. The van der Waals surface area contributed by atoms with Gasteiger partial charge in [-0.15, -0.1) is 0 Å². The molecule has 0 aliphatic carbocycles. The van der Waals surface area contributed by atoms with Crippen LogP contribution in [0.15, 0.2) is 59.5 Å². The van der Waals surface area contributed by atoms with E-state index in [0.717, 1.165) is 24.3 Å². The Morgan fingerprint density at radius 3 is 1.88 bits per heavy atom. The van der Waals surface area contributed by atoms with Gasteiger partial charge in [-0.1, -0.05) is 22.3 Å². The van der Waals surface area contributed by atoms with Crippen LogP contribution in [0.5, 0.6) is 0 Å². The minimum atomic E-state index is -4.69. The number of sulfonamides is 1. The number of nitrogens with one attached hydrogen (secondary N) is 2. The predicted octanol–water partition coefficient (Wildman–Crippen LogP) is -0.261. The first-order chi connectivity index (χ1) is 11.6. The fraction of sp³-hybridized carbons (Fsp3) is 0. The van der Waals surface area contributed by atoms with Crippen molar-refractivity contribution in [1.82, 2.24) is 8.85 Å². The minimum absolute atomic E-state index is 0.0380. The maximum Gasteiger partial charge on any atom is 0.314 e. The van der Waals surface area contributed by atoms with Gasteiger partial charge in [-0.25, -0.2) is 13.1 Å². The maximum absolute atomic E-state index is 12.1. The standard InChI is InChI=1S/C14H13N3O6S2/c15-13(18)10-6-8-12(9-7-10)24(20,21)17-25(22,23)16-14(19)11-4-2-1-3-5-11/h1-9,17H,(H2,15,18)(H,16,19). The number of carbonyl (C=O) groups excluding carboxylic acids is 2. The zero-order valence-electron chi connectivity index (χ0n) is 12.5. The van der Waals surface area contributed by atoms with Crippen molar-refractivity contribution in [3.8, 4) is 0 Å². The quantitative estimate of drug-likeness (QED) is 0.625. The molecule has 0 atom stereocenters. The molecule has 25 heavy (non-hydrogen) atoms. The third-order valence-electron chi connectivity index (χ3n) is 2.93. The van der Waals surface area contributed by atoms with E-state index in [-0.39, 0.29) is 11.1 Å². The number of carbonyl (C=O) groups is 2. The van der Waals surface area contributed by atoms with Gasteiger partial charge in [-0.2, -0.15) is 8.42 Å². The van der Waals surface area contributed by atoms with E-state index >= 15 is 0 Å². The van der Waals surface area contributed by atoms with Gasteiger partial charge in [-0.05, 0) is 36.4 Å². The van der Waals surface area contributed by atoms with E-state index in [4.69, 9.17) is 5.73 Å². The Hall–Kier alpha value is -2.76. The van der Waals surface area contributed by atoms with Crippen LogP contribution in [0.2, 0.25) is 0 Å². The van der Waals surface area contributed by atoms with Crippen LogP contribution in [-0.2, 0) is 20.2 Å². The van der Waals surface area contributed by atoms with Crippen molar-refractivity contribution in [2.75, 3.05) is 0 Å². The maximum atomic E-state index is 12.1. The Balaban J connectivity index is 2.18. The van der Waals surface area contributed by atoms with Crippen LogP contribution < -0.4 is 14.6 Å². The molecule has 0 aliphatic heterocycles. The van der Waals surface area contributed by atoms with Gasteiger partial charge in [0.05, 0.1) is 4.90 Å². The topological polar surface area (TPSA) is 152 Å². The summed E-state index contributed by atoms with van der Waals surface area (Å²) in [6.07, 6.45) is 0. The molecule has 0 heterocycles. The van der Waals surface area contributed by atoms with E-state index in [0.29, 0.717) is 0 Å². The molecule has 9 nitrogen and oxygen atoms in total. The van der Waals surface area contributed by atoms with Crippen LogP contribution in [0.4, 0.5) is 0 Å². The van der Waals surface area contributed by atoms with E-state index in [9.17, 15) is 26.4 Å². The Labute approximate surface area is 144 Å². The van der Waals surface area contributed by atoms with Gasteiger partial charge in [0, 0.05) is 11.1 Å². The van der Waals surface area contributed by atoms with Crippen LogP contribution in [0.3, 0.4) is 0 Å². The lowest BCUT2D eigenvalue weighted by Crippen LogP contribution is -2.43. The fourth-order valence-electron chi connectivity index (χ4n) is 1.78. The van der Waals surface area contributed by atoms with E-state index in [2.05, 4.69) is 0 Å². The molecule has 0 saturated heterocycles. The summed E-state index contributed by atoms with van der Waals surface area (Å²) in [5.41, 5.74) is 5.13. The number of hydrogen-bond acceptors (Lipinski definition) is 6. The molecule has 132 valence electrons. The zero-order valence-corrected chi connectivity index (χ0v) is 14.2. The number of nitrogens with two attached hydrogens (primary N) is 1. The van der Waals surface area contributed by atoms with Gasteiger partial charge in [0.1, 0.15) is 0 Å². The number of amides is 2. The third kappa shape index (κ3) is 4.86. The third-order valence-corrected chi connectivity index (χ3v) is 6.03. The highest BCUT2D eigenvalue weighted by Gasteiger charge is 2.25. The van der Waals surface area contributed by atoms with Gasteiger partial charge in [0.25, 0.3) is 15.9 Å². The number of hydrogen-bond donors (Lipinski definition) is 3. The van der Waals surface area contributed by atoms with E-state index in [1.165, 1.54) is 28.4 Å². The minimum Gasteiger partial charge on any atom is -0.366 e. The van der Waals surface area contributed by atoms with Crippen molar-refractivity contribution < 1.29 is 26.4 Å². The molecule has 11 heteroatoms. The number of rotatable bonds is 6. The van der Waals surface area contributed by atoms with Crippen LogP contribution in [0.25, 0.3) is 0 Å². The molecule has 2 rings (SSSR count). The molecule has 0 spiro atoms. The molecule has 2 amide bonds. The first-order valence-electron chi connectivity index (χ1n) is 6.66. The summed E-state index contributed by atoms with van der Waals surface area (Å²) in [7, 11) is -9.18. The summed E-state index contributed by atoms with van der Waals surface area (Å²) in [5, 5.41) is 0. The van der Waals surface area contributed by atoms with Gasteiger partial charge in [0.15, 0.2) is 0 Å². The van der Waals surface area contributed by atoms with Crippen LogP contribution >= 0.6 is 0 Å². The fourth-order valence-corrected chi connectivity index (χ4v) is 4.35. The molecule has 0 radical (unpaired) electrons. The van der Waals surface area contributed by atoms with Crippen LogP contribution in [0.1, 0.15) is 20.7 Å². The second-order valence-electron chi connectivity index (χ2n) is 4.78. The highest BCUT2D eigenvalue weighted by Crippen LogP contribution is 2.11. The summed E-state index contributed by atoms with van der Waals surface area (Å²) in [5.74, 6) is -1.76. The Morgan fingerprint density at radius 2 is 1.36 bits per heavy atom. The SMILES string of the molecule is NC(=O)c1ccc(S(=O)(=O)NS(=O)(=O)NC(=O)c2ccccc2)cc1. The summed E-state index contributed by atoms with van der Waals surface area (Å²) in [6, 6.07) is 11.7. The highest BCUT2D eigenvalue weighted by atomic mass is 32.3. The Kier molecular flexibility index (Phi) is 5.21. The normalized spacial score (nSPS) is 11.7. The number of benzene rings is 2. The number of primary amides is 1. The molecule has 0 unspecified atom stereocenters. The van der Waals surface area contributed by atoms with Crippen LogP contribution in [-0.4, -0.2) is 28.6 Å². The van der Waals surface area contributed by atoms with Gasteiger partial charge in [0.2, 0.25) is 5.91 Å². The smallest absolute Gasteiger partial charge is 0.314 e. The summed E-state index contributed by atoms with van der Waals surface area (Å²) in [6.45, 7) is 0. The van der Waals surface area contributed by atoms with Crippen molar-refractivity contribution in [3.63, 3.8) is 0 Å². The van der Waals surface area contributed by atoms with E-state index < -0.39 is 36.9 Å². The lowest BCUT2D eigenvalue weighted by atomic mass is 10.2. The van der Waals surface area contributed by atoms with E-state index in [1.54, 1.807) is 10.8 Å². The Morgan fingerprint density at radius 1 is 0.800 bits per heavy atom. The summed E-state index contributed by atoms with van der Waals surface area (Å²) < 4.78 is 50.9. The molecule has 0 aromatic heterocycles. The van der Waals surface area contributed by atoms with Gasteiger partial charge >= 0.3 is 10.2 Å². The van der Waals surface area contributed by atoms with Gasteiger partial charge < -0.3 is 5.73 Å². The average molecular weight is 383 g/mol. The van der Waals surface area contributed by atoms with Crippen molar-refractivity contribution in [2.24, 2.45) is 5.73 Å². The average Bonchev–Trinajstić information content (AvgIpc) is 2.54. The Bertz CT molecular complexity index is 1000. The van der Waals surface area contributed by atoms with Crippen LogP contribution in [0, 0.1) is 0 Å². The first-order valence-corrected chi connectivity index (χ1v) is 9.63. The molecule has 0 aliphatic rings. The first kappa shape index (κ1) is 18.6. The molecule has 0 fully saturated rings. The van der Waals surface area contributed by atoms with E-state index in [1.807, 2.05) is 0 Å². The van der Waals surface area contributed by atoms with Crippen molar-refractivity contribution in [3.05, 3.63) is 65.7 Å². The highest BCUT2D eigenvalue weighted by molar-refractivity contribution is 8.04. The largest absolute Gasteiger partial charge is 0.366 e. The monoisotopic (exact) mass is 383 g/mol. The summed E-state index contributed by atoms with van der Waals surface area (Å²) >= 11 is 0. The molecule has 2 aromatic carbocycles. The molecule has 0 saturated carbocycles. The van der Waals surface area contributed by atoms with Crippen molar-refractivity contribution in [1.29, 1.82) is 0 Å². The van der Waals surface area contributed by atoms with Crippen molar-refractivity contribution >= 4 is 32.0 Å². The molecule has 0 bridgehead atoms. The predicted molar refractivity (Wildman–Crippen MR) is 88.1 cm³/mol. The molecule has 4 N–H and O–H groups in total. The molecular weight excluding hydrogens is 370 g/mol. The summed E-state index contributed by atoms with van der Waals surface area (Å²) in [4.78, 5) is 22.4.